The van der Waals surface area contributed by atoms with Crippen LogP contribution in [-0.4, -0.2) is 34.6 Å². The Morgan fingerprint density at radius 2 is 1.67 bits per heavy atom. The Bertz CT molecular complexity index is 669. The Kier molecular flexibility index (Phi) is 3.15. The molecule has 0 amide bonds. The Morgan fingerprint density at radius 1 is 0.905 bits per heavy atom. The Balaban J connectivity index is 1.72. The molecule has 4 rings (SSSR count). The van der Waals surface area contributed by atoms with Crippen molar-refractivity contribution in [1.29, 1.82) is 0 Å². The molecule has 0 radical (unpaired) electrons. The standard InChI is InChI=1S/C15H16ClN5/c16-13-17-14(20-8-3-4-9-20)19-15(18-13)21-10-7-11-5-1-2-6-12(11)21/h1-2,5-6H,3-4,7-10H2. The van der Waals surface area contributed by atoms with Crippen LogP contribution in [-0.2, 0) is 6.42 Å². The van der Waals surface area contributed by atoms with Crippen molar-refractivity contribution < 1.29 is 0 Å². The van der Waals surface area contributed by atoms with Crippen molar-refractivity contribution in [1.82, 2.24) is 15.0 Å². The Hall–Kier alpha value is -1.88. The van der Waals surface area contributed by atoms with Gasteiger partial charge in [-0.25, -0.2) is 0 Å². The van der Waals surface area contributed by atoms with E-state index in [4.69, 9.17) is 11.6 Å². The minimum absolute atomic E-state index is 0.270. The van der Waals surface area contributed by atoms with E-state index in [0.717, 1.165) is 26.1 Å². The van der Waals surface area contributed by atoms with Crippen LogP contribution in [0.4, 0.5) is 17.6 Å². The van der Waals surface area contributed by atoms with E-state index in [1.807, 2.05) is 6.07 Å². The fourth-order valence-electron chi connectivity index (χ4n) is 3.05. The molecule has 21 heavy (non-hydrogen) atoms. The van der Waals surface area contributed by atoms with Gasteiger partial charge in [0.05, 0.1) is 0 Å². The van der Waals surface area contributed by atoms with Crippen molar-refractivity contribution in [2.45, 2.75) is 19.3 Å². The lowest BCUT2D eigenvalue weighted by Crippen LogP contribution is -2.23. The van der Waals surface area contributed by atoms with Crippen molar-refractivity contribution in [2.24, 2.45) is 0 Å². The van der Waals surface area contributed by atoms with Crippen molar-refractivity contribution in [3.05, 3.63) is 35.1 Å². The summed E-state index contributed by atoms with van der Waals surface area (Å²) in [6.45, 7) is 2.88. The molecule has 2 aromatic rings. The predicted octanol–water partition coefficient (Wildman–Crippen LogP) is 2.82. The zero-order chi connectivity index (χ0) is 14.2. The van der Waals surface area contributed by atoms with Gasteiger partial charge in [0.25, 0.3) is 0 Å². The van der Waals surface area contributed by atoms with Crippen LogP contribution in [0.15, 0.2) is 24.3 Å². The molecule has 0 bridgehead atoms. The first-order valence-corrected chi connectivity index (χ1v) is 7.71. The third-order valence-electron chi connectivity index (χ3n) is 4.10. The maximum absolute atomic E-state index is 6.12. The highest BCUT2D eigenvalue weighted by Crippen LogP contribution is 2.33. The molecule has 0 saturated carbocycles. The van der Waals surface area contributed by atoms with Crippen LogP contribution in [0.1, 0.15) is 18.4 Å². The third kappa shape index (κ3) is 2.31. The van der Waals surface area contributed by atoms with E-state index in [0.29, 0.717) is 11.9 Å². The molecule has 5 nitrogen and oxygen atoms in total. The number of hydrogen-bond donors (Lipinski definition) is 0. The van der Waals surface area contributed by atoms with Gasteiger partial charge < -0.3 is 9.80 Å². The van der Waals surface area contributed by atoms with Crippen LogP contribution in [0.25, 0.3) is 0 Å². The first-order chi connectivity index (χ1) is 10.3. The van der Waals surface area contributed by atoms with E-state index in [1.165, 1.54) is 24.1 Å². The van der Waals surface area contributed by atoms with Gasteiger partial charge in [0, 0.05) is 25.3 Å². The maximum atomic E-state index is 6.12. The summed E-state index contributed by atoms with van der Waals surface area (Å²) in [5, 5.41) is 0.270. The van der Waals surface area contributed by atoms with Gasteiger partial charge in [-0.15, -0.1) is 0 Å². The average Bonchev–Trinajstić information content (AvgIpc) is 3.16. The molecule has 3 heterocycles. The molecule has 0 unspecified atom stereocenters. The van der Waals surface area contributed by atoms with E-state index in [1.54, 1.807) is 0 Å². The summed E-state index contributed by atoms with van der Waals surface area (Å²) in [6.07, 6.45) is 3.38. The van der Waals surface area contributed by atoms with Crippen LogP contribution in [0.2, 0.25) is 5.28 Å². The summed E-state index contributed by atoms with van der Waals surface area (Å²) in [4.78, 5) is 17.6. The van der Waals surface area contributed by atoms with Crippen molar-refractivity contribution in [3.8, 4) is 0 Å². The first kappa shape index (κ1) is 12.8. The van der Waals surface area contributed by atoms with Gasteiger partial charge in [-0.1, -0.05) is 18.2 Å². The average molecular weight is 302 g/mol. The fourth-order valence-corrected chi connectivity index (χ4v) is 3.21. The van der Waals surface area contributed by atoms with Gasteiger partial charge in [0.15, 0.2) is 0 Å². The lowest BCUT2D eigenvalue weighted by molar-refractivity contribution is 0.856. The fraction of sp³-hybridized carbons (Fsp3) is 0.400. The minimum Gasteiger partial charge on any atom is -0.341 e. The smallest absolute Gasteiger partial charge is 0.236 e. The summed E-state index contributed by atoms with van der Waals surface area (Å²) in [7, 11) is 0. The SMILES string of the molecule is Clc1nc(N2CCCC2)nc(N2CCc3ccccc32)n1. The topological polar surface area (TPSA) is 45.2 Å². The summed E-state index contributed by atoms with van der Waals surface area (Å²) >= 11 is 6.12. The monoisotopic (exact) mass is 301 g/mol. The van der Waals surface area contributed by atoms with Gasteiger partial charge in [0.1, 0.15) is 0 Å². The second-order valence-corrected chi connectivity index (χ2v) is 5.77. The summed E-state index contributed by atoms with van der Waals surface area (Å²) < 4.78 is 0. The number of halogens is 1. The van der Waals surface area contributed by atoms with Crippen LogP contribution < -0.4 is 9.80 Å². The molecular weight excluding hydrogens is 286 g/mol. The number of para-hydroxylation sites is 1. The molecule has 1 saturated heterocycles. The van der Waals surface area contributed by atoms with Crippen LogP contribution in [0.3, 0.4) is 0 Å². The lowest BCUT2D eigenvalue weighted by atomic mass is 10.2. The highest BCUT2D eigenvalue weighted by molar-refractivity contribution is 6.28. The quantitative estimate of drug-likeness (QED) is 0.853. The predicted molar refractivity (Wildman–Crippen MR) is 83.4 cm³/mol. The molecule has 0 atom stereocenters. The second-order valence-electron chi connectivity index (χ2n) is 5.43. The molecule has 0 spiro atoms. The summed E-state index contributed by atoms with van der Waals surface area (Å²) in [5.41, 5.74) is 2.50. The van der Waals surface area contributed by atoms with Gasteiger partial charge in [-0.3, -0.25) is 0 Å². The van der Waals surface area contributed by atoms with Crippen LogP contribution in [0.5, 0.6) is 0 Å². The number of benzene rings is 1. The largest absolute Gasteiger partial charge is 0.341 e. The molecule has 0 N–H and O–H groups in total. The minimum atomic E-state index is 0.270. The van der Waals surface area contributed by atoms with E-state index in [2.05, 4.69) is 43.0 Å². The number of hydrogen-bond acceptors (Lipinski definition) is 5. The number of anilines is 3. The van der Waals surface area contributed by atoms with Gasteiger partial charge in [-0.05, 0) is 42.5 Å². The zero-order valence-corrected chi connectivity index (χ0v) is 12.4. The highest BCUT2D eigenvalue weighted by atomic mass is 35.5. The van der Waals surface area contributed by atoms with Gasteiger partial charge in [0.2, 0.25) is 17.2 Å². The van der Waals surface area contributed by atoms with Gasteiger partial charge in [-0.2, -0.15) is 15.0 Å². The van der Waals surface area contributed by atoms with Crippen LogP contribution in [0, 0.1) is 0 Å². The normalized spacial score (nSPS) is 17.4. The first-order valence-electron chi connectivity index (χ1n) is 7.33. The maximum Gasteiger partial charge on any atom is 0.236 e. The molecule has 1 aromatic heterocycles. The van der Waals surface area contributed by atoms with E-state index >= 15 is 0 Å². The zero-order valence-electron chi connectivity index (χ0n) is 11.7. The van der Waals surface area contributed by atoms with E-state index in [-0.39, 0.29) is 5.28 Å². The summed E-state index contributed by atoms with van der Waals surface area (Å²) in [5.74, 6) is 1.36. The third-order valence-corrected chi connectivity index (χ3v) is 4.27. The van der Waals surface area contributed by atoms with Crippen molar-refractivity contribution in [2.75, 3.05) is 29.4 Å². The van der Waals surface area contributed by atoms with Crippen molar-refractivity contribution >= 4 is 29.2 Å². The molecule has 0 aliphatic carbocycles. The lowest BCUT2D eigenvalue weighted by Gasteiger charge is -2.20. The van der Waals surface area contributed by atoms with E-state index in [9.17, 15) is 0 Å². The van der Waals surface area contributed by atoms with Gasteiger partial charge >= 0.3 is 0 Å². The highest BCUT2D eigenvalue weighted by Gasteiger charge is 2.24. The molecule has 108 valence electrons. The molecular formula is C15H16ClN5. The Morgan fingerprint density at radius 3 is 2.52 bits per heavy atom. The molecule has 2 aliphatic heterocycles. The molecule has 6 heteroatoms. The van der Waals surface area contributed by atoms with Crippen LogP contribution >= 0.6 is 11.6 Å². The van der Waals surface area contributed by atoms with Crippen molar-refractivity contribution in [3.63, 3.8) is 0 Å². The number of nitrogens with zero attached hydrogens (tertiary/aromatic N) is 5. The number of fused-ring (bicyclic) bond motifs is 1. The molecule has 1 aromatic carbocycles. The molecule has 2 aliphatic rings. The second kappa shape index (κ2) is 5.15. The van der Waals surface area contributed by atoms with E-state index < -0.39 is 0 Å². The number of aromatic nitrogens is 3. The molecule has 1 fully saturated rings. The number of rotatable bonds is 2. The summed E-state index contributed by atoms with van der Waals surface area (Å²) in [6, 6.07) is 8.37. The Labute approximate surface area is 128 Å².